The van der Waals surface area contributed by atoms with E-state index in [4.69, 9.17) is 4.98 Å². The highest BCUT2D eigenvalue weighted by Crippen LogP contribution is 2.52. The standard InChI is InChI=1S/C30H31N7O/c1-4-18(2)30(38)35-25-9-19-5-6-20(10-25)28(19)27-8-7-21(13-32-27)26-11-22(24-15-33-36(3)16-24)17-37-29(26)23(12-31)14-34-37/h4,7-8,11,13-20,25,28H,1,5-6,9-10H2,2-3H3,(H,35,38). The van der Waals surface area contributed by atoms with Gasteiger partial charge in [-0.1, -0.05) is 19.1 Å². The molecular weight excluding hydrogens is 474 g/mol. The minimum absolute atomic E-state index is 0.0711. The van der Waals surface area contributed by atoms with Crippen molar-refractivity contribution < 1.29 is 4.79 Å². The highest BCUT2D eigenvalue weighted by Gasteiger charge is 2.44. The molecule has 2 aliphatic rings. The number of aryl methyl sites for hydroxylation is 1. The average Bonchev–Trinajstić information content (AvgIpc) is 3.63. The van der Waals surface area contributed by atoms with Crippen molar-refractivity contribution in [3.63, 3.8) is 0 Å². The zero-order chi connectivity index (χ0) is 26.4. The Hall–Kier alpha value is -4.25. The van der Waals surface area contributed by atoms with E-state index < -0.39 is 0 Å². The molecular formula is C30H31N7O. The smallest absolute Gasteiger partial charge is 0.226 e. The van der Waals surface area contributed by atoms with Crippen molar-refractivity contribution >= 4 is 11.4 Å². The number of amides is 1. The summed E-state index contributed by atoms with van der Waals surface area (Å²) in [5, 5.41) is 21.7. The molecule has 2 fully saturated rings. The van der Waals surface area contributed by atoms with Crippen molar-refractivity contribution in [3.05, 3.63) is 73.1 Å². The Morgan fingerprint density at radius 1 is 1.13 bits per heavy atom. The van der Waals surface area contributed by atoms with Gasteiger partial charge in [0.1, 0.15) is 6.07 Å². The first-order chi connectivity index (χ1) is 18.4. The zero-order valence-electron chi connectivity index (χ0n) is 21.7. The fourth-order valence-electron chi connectivity index (χ4n) is 6.48. The number of carbonyl (C=O) groups excluding carboxylic acids is 1. The van der Waals surface area contributed by atoms with Crippen molar-refractivity contribution in [2.45, 2.75) is 44.6 Å². The van der Waals surface area contributed by atoms with Crippen LogP contribution in [0, 0.1) is 29.1 Å². The maximum Gasteiger partial charge on any atom is 0.226 e. The Balaban J connectivity index is 1.29. The minimum atomic E-state index is -0.167. The number of rotatable bonds is 6. The predicted octanol–water partition coefficient (Wildman–Crippen LogP) is 4.88. The molecule has 1 N–H and O–H groups in total. The van der Waals surface area contributed by atoms with E-state index in [0.29, 0.717) is 23.3 Å². The van der Waals surface area contributed by atoms with Crippen LogP contribution in [0.2, 0.25) is 0 Å². The first-order valence-corrected chi connectivity index (χ1v) is 13.2. The lowest BCUT2D eigenvalue weighted by Crippen LogP contribution is -2.43. The third kappa shape index (κ3) is 4.18. The molecule has 2 saturated carbocycles. The third-order valence-corrected chi connectivity index (χ3v) is 8.42. The fourth-order valence-corrected chi connectivity index (χ4v) is 6.48. The van der Waals surface area contributed by atoms with Crippen LogP contribution >= 0.6 is 0 Å². The summed E-state index contributed by atoms with van der Waals surface area (Å²) >= 11 is 0. The Labute approximate surface area is 222 Å². The lowest BCUT2D eigenvalue weighted by atomic mass is 9.74. The van der Waals surface area contributed by atoms with E-state index in [-0.39, 0.29) is 17.9 Å². The van der Waals surface area contributed by atoms with Gasteiger partial charge < -0.3 is 5.32 Å². The number of fused-ring (bicyclic) bond motifs is 3. The number of nitrogens with one attached hydrogen (secondary N) is 1. The van der Waals surface area contributed by atoms with E-state index in [1.807, 2.05) is 38.8 Å². The second-order valence-electron chi connectivity index (χ2n) is 10.8. The first-order valence-electron chi connectivity index (χ1n) is 13.2. The van der Waals surface area contributed by atoms with Gasteiger partial charge in [-0.15, -0.1) is 6.58 Å². The van der Waals surface area contributed by atoms with Crippen LogP contribution in [0.1, 0.15) is 49.8 Å². The molecule has 0 aliphatic heterocycles. The largest absolute Gasteiger partial charge is 0.353 e. The van der Waals surface area contributed by atoms with Gasteiger partial charge in [0.2, 0.25) is 5.91 Å². The van der Waals surface area contributed by atoms with Crippen LogP contribution in [0.25, 0.3) is 27.8 Å². The summed E-state index contributed by atoms with van der Waals surface area (Å²) in [6.45, 7) is 5.64. The van der Waals surface area contributed by atoms with Gasteiger partial charge in [0.15, 0.2) is 0 Å². The summed E-state index contributed by atoms with van der Waals surface area (Å²) in [7, 11) is 1.89. The molecule has 4 heterocycles. The molecule has 8 nitrogen and oxygen atoms in total. The van der Waals surface area contributed by atoms with E-state index in [1.54, 1.807) is 21.5 Å². The monoisotopic (exact) mass is 505 g/mol. The van der Waals surface area contributed by atoms with Crippen molar-refractivity contribution in [1.82, 2.24) is 29.7 Å². The van der Waals surface area contributed by atoms with Gasteiger partial charge in [-0.2, -0.15) is 15.5 Å². The van der Waals surface area contributed by atoms with Crippen molar-refractivity contribution in [2.75, 3.05) is 0 Å². The van der Waals surface area contributed by atoms with E-state index in [1.165, 1.54) is 12.8 Å². The highest BCUT2D eigenvalue weighted by atomic mass is 16.1. The number of nitrogens with zero attached hydrogens (tertiary/aromatic N) is 6. The summed E-state index contributed by atoms with van der Waals surface area (Å²) in [5.41, 5.74) is 6.27. The molecule has 0 spiro atoms. The molecule has 4 aromatic rings. The second-order valence-corrected chi connectivity index (χ2v) is 10.8. The Morgan fingerprint density at radius 2 is 1.92 bits per heavy atom. The molecule has 3 atom stereocenters. The van der Waals surface area contributed by atoms with Crippen LogP contribution < -0.4 is 5.32 Å². The number of carbonyl (C=O) groups is 1. The van der Waals surface area contributed by atoms with Gasteiger partial charge in [0.05, 0.1) is 29.4 Å². The average molecular weight is 506 g/mol. The van der Waals surface area contributed by atoms with Gasteiger partial charge in [-0.25, -0.2) is 4.52 Å². The Bertz CT molecular complexity index is 1540. The number of nitriles is 1. The zero-order valence-corrected chi connectivity index (χ0v) is 21.7. The van der Waals surface area contributed by atoms with Gasteiger partial charge in [0.25, 0.3) is 0 Å². The van der Waals surface area contributed by atoms with Gasteiger partial charge >= 0.3 is 0 Å². The van der Waals surface area contributed by atoms with E-state index in [9.17, 15) is 10.1 Å². The number of hydrogen-bond donors (Lipinski definition) is 1. The third-order valence-electron chi connectivity index (χ3n) is 8.42. The maximum atomic E-state index is 12.4. The molecule has 1 amide bonds. The fraction of sp³-hybridized carbons (Fsp3) is 0.367. The summed E-state index contributed by atoms with van der Waals surface area (Å²) in [4.78, 5) is 17.4. The van der Waals surface area contributed by atoms with Crippen LogP contribution in [0.5, 0.6) is 0 Å². The highest BCUT2D eigenvalue weighted by molar-refractivity contribution is 5.87. The van der Waals surface area contributed by atoms with E-state index >= 15 is 0 Å². The van der Waals surface area contributed by atoms with Crippen LogP contribution in [0.4, 0.5) is 0 Å². The molecule has 0 saturated heterocycles. The molecule has 2 bridgehead atoms. The van der Waals surface area contributed by atoms with Crippen LogP contribution in [0.3, 0.4) is 0 Å². The minimum Gasteiger partial charge on any atom is -0.353 e. The van der Waals surface area contributed by atoms with Crippen molar-refractivity contribution in [1.29, 1.82) is 5.26 Å². The second kappa shape index (κ2) is 9.56. The molecule has 2 aliphatic carbocycles. The van der Waals surface area contributed by atoms with Crippen LogP contribution in [0.15, 0.2) is 61.8 Å². The maximum absolute atomic E-state index is 12.4. The summed E-state index contributed by atoms with van der Waals surface area (Å²) in [6.07, 6.45) is 15.3. The topological polar surface area (TPSA) is 101 Å². The summed E-state index contributed by atoms with van der Waals surface area (Å²) in [6, 6.07) is 8.87. The SMILES string of the molecule is C=CC(C)C(=O)NC1CC2CCC(C1)C2c1ccc(-c2cc(-c3cnn(C)c3)cn3ncc(C#N)c23)cn1. The summed E-state index contributed by atoms with van der Waals surface area (Å²) < 4.78 is 3.54. The van der Waals surface area contributed by atoms with Gasteiger partial charge in [-0.3, -0.25) is 14.5 Å². The van der Waals surface area contributed by atoms with E-state index in [2.05, 4.69) is 46.4 Å². The molecule has 192 valence electrons. The van der Waals surface area contributed by atoms with E-state index in [0.717, 1.165) is 46.3 Å². The lowest BCUT2D eigenvalue weighted by Gasteiger charge is -2.35. The molecule has 3 unspecified atom stereocenters. The first kappa shape index (κ1) is 24.1. The lowest BCUT2D eigenvalue weighted by molar-refractivity contribution is -0.124. The van der Waals surface area contributed by atoms with Crippen molar-refractivity contribution in [3.8, 4) is 28.3 Å². The molecule has 4 aromatic heterocycles. The van der Waals surface area contributed by atoms with Crippen LogP contribution in [-0.2, 0) is 11.8 Å². The molecule has 6 rings (SSSR count). The number of hydrogen-bond acceptors (Lipinski definition) is 5. The predicted molar refractivity (Wildman–Crippen MR) is 145 cm³/mol. The number of aromatic nitrogens is 5. The Morgan fingerprint density at radius 3 is 2.55 bits per heavy atom. The molecule has 8 heteroatoms. The quantitative estimate of drug-likeness (QED) is 0.377. The Kier molecular flexibility index (Phi) is 6.07. The molecule has 0 aromatic carbocycles. The van der Waals surface area contributed by atoms with Gasteiger partial charge in [0, 0.05) is 65.5 Å². The normalized spacial score (nSPS) is 23.2. The van der Waals surface area contributed by atoms with Crippen LogP contribution in [-0.4, -0.2) is 36.3 Å². The molecule has 0 radical (unpaired) electrons. The molecule has 38 heavy (non-hydrogen) atoms. The number of pyridine rings is 2. The van der Waals surface area contributed by atoms with Crippen molar-refractivity contribution in [2.24, 2.45) is 24.8 Å². The summed E-state index contributed by atoms with van der Waals surface area (Å²) in [5.74, 6) is 1.37. The van der Waals surface area contributed by atoms with Gasteiger partial charge in [-0.05, 0) is 49.7 Å².